The van der Waals surface area contributed by atoms with Gasteiger partial charge >= 0.3 is 25.7 Å². The molecule has 0 spiro atoms. The van der Waals surface area contributed by atoms with Crippen molar-refractivity contribution in [1.29, 1.82) is 0 Å². The maximum Gasteiger partial charge on any atom is 0.472 e. The number of aliphatic carboxylic acids is 1. The number of hydrogen-bond donors (Lipinski definition) is 3. The van der Waals surface area contributed by atoms with Gasteiger partial charge in [-0.3, -0.25) is 23.4 Å². The maximum atomic E-state index is 12.4. The molecule has 0 aliphatic heterocycles. The Morgan fingerprint density at radius 3 is 1.95 bits per heavy atom. The fraction of sp³-hybridized carbons (Fsp3) is 0.710. The predicted molar refractivity (Wildman–Crippen MR) is 166 cm³/mol. The zero-order valence-electron chi connectivity index (χ0n) is 26.0. The Kier molecular flexibility index (Phi) is 25.8. The summed E-state index contributed by atoms with van der Waals surface area (Å²) in [6.07, 6.45) is 24.4. The van der Waals surface area contributed by atoms with E-state index in [9.17, 15) is 23.8 Å². The first kappa shape index (κ1) is 40.7. The molecule has 0 saturated heterocycles. The van der Waals surface area contributed by atoms with Gasteiger partial charge in [0.1, 0.15) is 12.6 Å². The molecule has 0 heterocycles. The average molecular weight is 632 g/mol. The second-order valence-electron chi connectivity index (χ2n) is 10.2. The van der Waals surface area contributed by atoms with E-state index in [1.54, 1.807) is 0 Å². The highest BCUT2D eigenvalue weighted by Gasteiger charge is 2.28. The zero-order valence-corrected chi connectivity index (χ0v) is 26.9. The maximum absolute atomic E-state index is 12.4. The average Bonchev–Trinajstić information content (AvgIpc) is 2.97. The molecule has 3 atom stereocenters. The molecule has 0 bridgehead atoms. The fourth-order valence-corrected chi connectivity index (χ4v) is 4.44. The van der Waals surface area contributed by atoms with Gasteiger partial charge in [0, 0.05) is 12.8 Å². The molecule has 43 heavy (non-hydrogen) atoms. The first-order valence-corrected chi connectivity index (χ1v) is 17.0. The molecular weight excluding hydrogens is 577 g/mol. The molecular formula is C31H54NO10P. The second kappa shape index (κ2) is 27.3. The van der Waals surface area contributed by atoms with E-state index in [4.69, 9.17) is 24.8 Å². The Bertz CT molecular complexity index is 890. The zero-order chi connectivity index (χ0) is 32.2. The third kappa shape index (κ3) is 27.0. The summed E-state index contributed by atoms with van der Waals surface area (Å²) in [5.41, 5.74) is 5.27. The number of esters is 2. The minimum atomic E-state index is -4.70. The van der Waals surface area contributed by atoms with Crippen molar-refractivity contribution < 1.29 is 47.5 Å². The van der Waals surface area contributed by atoms with E-state index in [-0.39, 0.29) is 19.4 Å². The lowest BCUT2D eigenvalue weighted by Crippen LogP contribution is -2.34. The molecule has 0 aliphatic rings. The monoisotopic (exact) mass is 631 g/mol. The van der Waals surface area contributed by atoms with Gasteiger partial charge in [0.25, 0.3) is 0 Å². The predicted octanol–water partition coefficient (Wildman–Crippen LogP) is 6.55. The smallest absolute Gasteiger partial charge is 0.472 e. The van der Waals surface area contributed by atoms with Gasteiger partial charge in [-0.2, -0.15) is 0 Å². The number of hydrogen-bond acceptors (Lipinski definition) is 9. The number of carboxylic acids is 1. The number of allylic oxidation sites excluding steroid dienone is 6. The molecule has 0 rings (SSSR count). The van der Waals surface area contributed by atoms with Gasteiger partial charge in [-0.15, -0.1) is 0 Å². The van der Waals surface area contributed by atoms with Crippen LogP contribution in [-0.2, 0) is 37.5 Å². The van der Waals surface area contributed by atoms with Gasteiger partial charge in [-0.1, -0.05) is 88.8 Å². The lowest BCUT2D eigenvalue weighted by Gasteiger charge is -2.20. The summed E-state index contributed by atoms with van der Waals surface area (Å²) in [5.74, 6) is -2.43. The highest BCUT2D eigenvalue weighted by atomic mass is 31.2. The molecule has 0 fully saturated rings. The van der Waals surface area contributed by atoms with Crippen LogP contribution in [0.5, 0.6) is 0 Å². The highest BCUT2D eigenvalue weighted by Crippen LogP contribution is 2.43. The molecule has 248 valence electrons. The molecule has 0 aromatic heterocycles. The van der Waals surface area contributed by atoms with Crippen LogP contribution < -0.4 is 5.73 Å². The normalized spacial score (nSPS) is 14.7. The molecule has 0 aliphatic carbocycles. The van der Waals surface area contributed by atoms with E-state index in [0.29, 0.717) is 12.8 Å². The molecule has 0 saturated carbocycles. The highest BCUT2D eigenvalue weighted by molar-refractivity contribution is 7.47. The van der Waals surface area contributed by atoms with Crippen LogP contribution in [-0.4, -0.2) is 59.9 Å². The van der Waals surface area contributed by atoms with Gasteiger partial charge in [-0.25, -0.2) is 4.57 Å². The van der Waals surface area contributed by atoms with Crippen LogP contribution >= 0.6 is 7.82 Å². The SMILES string of the molecule is CC/C=C\C/C=C\C/C=C\CCCCCCCC(=O)OC(COC(=O)CCCCCC)COP(=O)(O)OCC(N)C(=O)O. The van der Waals surface area contributed by atoms with Crippen LogP contribution in [0.15, 0.2) is 36.5 Å². The Morgan fingerprint density at radius 2 is 1.30 bits per heavy atom. The van der Waals surface area contributed by atoms with Gasteiger partial charge in [0.2, 0.25) is 0 Å². The lowest BCUT2D eigenvalue weighted by molar-refractivity contribution is -0.161. The Morgan fingerprint density at radius 1 is 0.744 bits per heavy atom. The van der Waals surface area contributed by atoms with Crippen LogP contribution in [0.3, 0.4) is 0 Å². The molecule has 0 aromatic carbocycles. The first-order valence-electron chi connectivity index (χ1n) is 15.5. The number of phosphoric acid groups is 1. The number of ether oxygens (including phenoxy) is 2. The van der Waals surface area contributed by atoms with Crippen LogP contribution in [0.1, 0.15) is 110 Å². The topological polar surface area (TPSA) is 172 Å². The Labute approximate surface area is 257 Å². The van der Waals surface area contributed by atoms with E-state index < -0.39 is 51.1 Å². The number of nitrogens with two attached hydrogens (primary N) is 1. The second-order valence-corrected chi connectivity index (χ2v) is 11.7. The standard InChI is InChI=1S/C31H54NO10P/c1-3-5-7-9-10-11-12-13-14-15-16-17-18-19-21-23-30(34)42-27(24-39-29(33)22-20-8-6-4-2)25-40-43(37,38)41-26-28(32)31(35)36/h5,7,10-11,13-14,27-28H,3-4,6,8-9,12,15-26,32H2,1-2H3,(H,35,36)(H,37,38)/b7-5-,11-10-,14-13-. The fourth-order valence-electron chi connectivity index (χ4n) is 3.66. The number of unbranched alkanes of at least 4 members (excludes halogenated alkanes) is 8. The van der Waals surface area contributed by atoms with Crippen LogP contribution in [0.4, 0.5) is 0 Å². The summed E-state index contributed by atoms with van der Waals surface area (Å²) in [5, 5.41) is 8.78. The van der Waals surface area contributed by atoms with Crippen molar-refractivity contribution in [2.24, 2.45) is 5.73 Å². The van der Waals surface area contributed by atoms with E-state index in [0.717, 1.165) is 70.6 Å². The Hall–Kier alpha value is -2.30. The minimum absolute atomic E-state index is 0.141. The molecule has 0 aromatic rings. The summed E-state index contributed by atoms with van der Waals surface area (Å²) >= 11 is 0. The van der Waals surface area contributed by atoms with Gasteiger partial charge in [0.15, 0.2) is 6.10 Å². The molecule has 3 unspecified atom stereocenters. The third-order valence-electron chi connectivity index (χ3n) is 6.15. The van der Waals surface area contributed by atoms with E-state index in [2.05, 4.69) is 54.8 Å². The largest absolute Gasteiger partial charge is 0.480 e. The summed E-state index contributed by atoms with van der Waals surface area (Å²) < 4.78 is 32.1. The van der Waals surface area contributed by atoms with Crippen molar-refractivity contribution >= 4 is 25.7 Å². The number of carboxylic acid groups (broad SMARTS) is 1. The van der Waals surface area contributed by atoms with Crippen LogP contribution in [0.25, 0.3) is 0 Å². The van der Waals surface area contributed by atoms with E-state index in [1.165, 1.54) is 0 Å². The first-order chi connectivity index (χ1) is 20.6. The van der Waals surface area contributed by atoms with Crippen molar-refractivity contribution in [2.45, 2.75) is 122 Å². The Balaban J connectivity index is 4.45. The summed E-state index contributed by atoms with van der Waals surface area (Å²) in [7, 11) is -4.70. The van der Waals surface area contributed by atoms with Gasteiger partial charge in [-0.05, 0) is 44.9 Å². The van der Waals surface area contributed by atoms with Crippen molar-refractivity contribution in [1.82, 2.24) is 0 Å². The number of carbonyl (C=O) groups excluding carboxylic acids is 2. The van der Waals surface area contributed by atoms with Crippen molar-refractivity contribution in [3.63, 3.8) is 0 Å². The molecule has 0 amide bonds. The molecule has 11 nitrogen and oxygen atoms in total. The summed E-state index contributed by atoms with van der Waals surface area (Å²) in [4.78, 5) is 45.1. The number of carbonyl (C=O) groups is 3. The van der Waals surface area contributed by atoms with Crippen molar-refractivity contribution in [3.05, 3.63) is 36.5 Å². The minimum Gasteiger partial charge on any atom is -0.480 e. The van der Waals surface area contributed by atoms with Crippen LogP contribution in [0.2, 0.25) is 0 Å². The quantitative estimate of drug-likeness (QED) is 0.0370. The van der Waals surface area contributed by atoms with Gasteiger partial charge < -0.3 is 25.2 Å². The van der Waals surface area contributed by atoms with Crippen LogP contribution in [0, 0.1) is 0 Å². The number of phosphoric ester groups is 1. The lowest BCUT2D eigenvalue weighted by atomic mass is 10.1. The van der Waals surface area contributed by atoms with Crippen molar-refractivity contribution in [2.75, 3.05) is 19.8 Å². The summed E-state index contributed by atoms with van der Waals surface area (Å²) in [6.45, 7) is 2.47. The van der Waals surface area contributed by atoms with E-state index >= 15 is 0 Å². The third-order valence-corrected chi connectivity index (χ3v) is 7.10. The summed E-state index contributed by atoms with van der Waals surface area (Å²) in [6, 6.07) is -1.52. The van der Waals surface area contributed by atoms with Gasteiger partial charge in [0.05, 0.1) is 13.2 Å². The van der Waals surface area contributed by atoms with E-state index in [1.807, 2.05) is 0 Å². The number of rotatable bonds is 28. The molecule has 0 radical (unpaired) electrons. The van der Waals surface area contributed by atoms with Crippen molar-refractivity contribution in [3.8, 4) is 0 Å². The molecule has 4 N–H and O–H groups in total. The molecule has 12 heteroatoms.